The molecule has 0 spiro atoms. The third kappa shape index (κ3) is 3.61. The van der Waals surface area contributed by atoms with Crippen molar-refractivity contribution in [2.75, 3.05) is 29.9 Å². The summed E-state index contributed by atoms with van der Waals surface area (Å²) in [4.78, 5) is 41.2. The fraction of sp³-hybridized carbons (Fsp3) is 0.318. The van der Waals surface area contributed by atoms with Gasteiger partial charge < -0.3 is 4.90 Å². The summed E-state index contributed by atoms with van der Waals surface area (Å²) in [5.74, 6) is -0.286. The van der Waals surface area contributed by atoms with Gasteiger partial charge in [0.25, 0.3) is 0 Å². The van der Waals surface area contributed by atoms with Gasteiger partial charge >= 0.3 is 12.1 Å². The molecule has 7 nitrogen and oxygen atoms in total. The van der Waals surface area contributed by atoms with E-state index in [4.69, 9.17) is 11.6 Å². The highest BCUT2D eigenvalue weighted by Crippen LogP contribution is 2.37. The monoisotopic (exact) mass is 426 g/mol. The van der Waals surface area contributed by atoms with E-state index in [1.165, 1.54) is 4.90 Å². The molecule has 2 aliphatic heterocycles. The third-order valence-electron chi connectivity index (χ3n) is 5.64. The van der Waals surface area contributed by atoms with E-state index in [9.17, 15) is 14.4 Å². The Kier molecular flexibility index (Phi) is 5.39. The van der Waals surface area contributed by atoms with E-state index in [1.807, 2.05) is 50.4 Å². The Bertz CT molecular complexity index is 1010. The van der Waals surface area contributed by atoms with Gasteiger partial charge in [-0.15, -0.1) is 0 Å². The molecule has 156 valence electrons. The molecule has 2 fully saturated rings. The number of hydrogen-bond donors (Lipinski definition) is 1. The van der Waals surface area contributed by atoms with Crippen molar-refractivity contribution in [3.63, 3.8) is 0 Å². The molecule has 0 radical (unpaired) electrons. The fourth-order valence-corrected chi connectivity index (χ4v) is 4.23. The lowest BCUT2D eigenvalue weighted by molar-refractivity contribution is -0.120. The molecular formula is C22H23ClN4O3. The van der Waals surface area contributed by atoms with E-state index in [-0.39, 0.29) is 30.9 Å². The van der Waals surface area contributed by atoms with Gasteiger partial charge in [0.15, 0.2) is 0 Å². The van der Waals surface area contributed by atoms with Gasteiger partial charge in [-0.3, -0.25) is 19.9 Å². The van der Waals surface area contributed by atoms with E-state index in [1.54, 1.807) is 15.9 Å². The Labute approximate surface area is 180 Å². The first kappa shape index (κ1) is 20.2. The lowest BCUT2D eigenvalue weighted by Gasteiger charge is -2.38. The van der Waals surface area contributed by atoms with Gasteiger partial charge in [-0.05, 0) is 37.1 Å². The number of carbonyl (C=O) groups excluding carboxylic acids is 3. The highest BCUT2D eigenvalue weighted by molar-refractivity contribution is 6.36. The van der Waals surface area contributed by atoms with Gasteiger partial charge in [0.2, 0.25) is 5.91 Å². The van der Waals surface area contributed by atoms with Gasteiger partial charge in [0.05, 0.1) is 10.7 Å². The maximum Gasteiger partial charge on any atom is 0.328 e. The van der Waals surface area contributed by atoms with Crippen molar-refractivity contribution in [3.05, 3.63) is 47.5 Å². The quantitative estimate of drug-likeness (QED) is 0.802. The molecule has 0 unspecified atom stereocenters. The minimum atomic E-state index is -0.470. The Balaban J connectivity index is 1.63. The average molecular weight is 427 g/mol. The van der Waals surface area contributed by atoms with Gasteiger partial charge in [-0.2, -0.15) is 0 Å². The van der Waals surface area contributed by atoms with Crippen LogP contribution >= 0.6 is 11.6 Å². The van der Waals surface area contributed by atoms with E-state index in [0.29, 0.717) is 10.7 Å². The summed E-state index contributed by atoms with van der Waals surface area (Å²) in [6, 6.07) is 12.8. The average Bonchev–Trinajstić information content (AvgIpc) is 2.72. The molecule has 2 saturated heterocycles. The van der Waals surface area contributed by atoms with Crippen molar-refractivity contribution >= 4 is 40.9 Å². The predicted molar refractivity (Wildman–Crippen MR) is 117 cm³/mol. The molecule has 30 heavy (non-hydrogen) atoms. The van der Waals surface area contributed by atoms with E-state index < -0.39 is 6.03 Å². The van der Waals surface area contributed by atoms with Crippen LogP contribution in [0.15, 0.2) is 42.5 Å². The maximum absolute atomic E-state index is 12.6. The number of halogens is 1. The number of nitrogens with one attached hydrogen (secondary N) is 1. The van der Waals surface area contributed by atoms with Crippen molar-refractivity contribution in [1.29, 1.82) is 0 Å². The normalized spacial score (nSPS) is 19.9. The number of benzene rings is 2. The third-order valence-corrected chi connectivity index (χ3v) is 6.03. The maximum atomic E-state index is 12.6. The lowest BCUT2D eigenvalue weighted by atomic mass is 10.0. The largest absolute Gasteiger partial charge is 0.328 e. The second-order valence-corrected chi connectivity index (χ2v) is 8.03. The Morgan fingerprint density at radius 3 is 2.47 bits per heavy atom. The zero-order valence-corrected chi connectivity index (χ0v) is 17.6. The highest BCUT2D eigenvalue weighted by atomic mass is 35.5. The van der Waals surface area contributed by atoms with Gasteiger partial charge in [-0.1, -0.05) is 35.9 Å². The van der Waals surface area contributed by atoms with Crippen LogP contribution < -0.4 is 15.1 Å². The van der Waals surface area contributed by atoms with Crippen LogP contribution in [0, 0.1) is 0 Å². The lowest BCUT2D eigenvalue weighted by Crippen LogP contribution is -2.52. The van der Waals surface area contributed by atoms with Crippen molar-refractivity contribution in [1.82, 2.24) is 10.2 Å². The molecule has 2 aliphatic rings. The number of hydrogen-bond acceptors (Lipinski definition) is 3. The molecule has 2 heterocycles. The zero-order chi connectivity index (χ0) is 21.4. The first-order valence-electron chi connectivity index (χ1n) is 9.91. The SMILES string of the molecule is C[C@@H]1CCN(C)C(=O)N1c1ccc(-c2cccc(N3CCC(=O)NC3=O)c2Cl)cc1. The second-order valence-electron chi connectivity index (χ2n) is 7.65. The fourth-order valence-electron chi connectivity index (χ4n) is 3.89. The van der Waals surface area contributed by atoms with Crippen molar-refractivity contribution in [2.45, 2.75) is 25.8 Å². The molecule has 8 heteroatoms. The molecular weight excluding hydrogens is 404 g/mol. The first-order valence-corrected chi connectivity index (χ1v) is 10.3. The van der Waals surface area contributed by atoms with E-state index in [0.717, 1.165) is 29.8 Å². The van der Waals surface area contributed by atoms with Crippen LogP contribution in [0.4, 0.5) is 21.0 Å². The predicted octanol–water partition coefficient (Wildman–Crippen LogP) is 4.10. The Hall–Kier alpha value is -3.06. The summed E-state index contributed by atoms with van der Waals surface area (Å²) in [5.41, 5.74) is 3.05. The summed E-state index contributed by atoms with van der Waals surface area (Å²) in [7, 11) is 1.81. The Morgan fingerprint density at radius 2 is 1.77 bits per heavy atom. The van der Waals surface area contributed by atoms with Crippen LogP contribution in [0.2, 0.25) is 5.02 Å². The van der Waals surface area contributed by atoms with Crippen LogP contribution in [0.25, 0.3) is 11.1 Å². The molecule has 0 aliphatic carbocycles. The summed E-state index contributed by atoms with van der Waals surface area (Å²) in [5, 5.41) is 2.76. The number of nitrogens with zero attached hydrogens (tertiary/aromatic N) is 3. The van der Waals surface area contributed by atoms with Crippen molar-refractivity contribution < 1.29 is 14.4 Å². The van der Waals surface area contributed by atoms with Crippen LogP contribution in [0.5, 0.6) is 0 Å². The van der Waals surface area contributed by atoms with Crippen LogP contribution in [-0.2, 0) is 4.79 Å². The molecule has 0 saturated carbocycles. The first-order chi connectivity index (χ1) is 14.4. The van der Waals surface area contributed by atoms with Crippen LogP contribution in [0.3, 0.4) is 0 Å². The number of amides is 5. The summed E-state index contributed by atoms with van der Waals surface area (Å²) in [6.07, 6.45) is 1.15. The molecule has 0 bridgehead atoms. The van der Waals surface area contributed by atoms with Gasteiger partial charge in [0.1, 0.15) is 0 Å². The standard InChI is InChI=1S/C22H23ClN4O3/c1-14-10-12-25(2)22(30)27(14)16-8-6-15(7-9-16)17-4-3-5-18(20(17)23)26-13-11-19(28)24-21(26)29/h3-9,14H,10-13H2,1-2H3,(H,24,28,29)/t14-/m1/s1. The smallest absolute Gasteiger partial charge is 0.327 e. The zero-order valence-electron chi connectivity index (χ0n) is 16.9. The minimum Gasteiger partial charge on any atom is -0.327 e. The molecule has 0 aromatic heterocycles. The van der Waals surface area contributed by atoms with Crippen molar-refractivity contribution in [3.8, 4) is 11.1 Å². The number of urea groups is 2. The number of carbonyl (C=O) groups is 3. The number of rotatable bonds is 3. The molecule has 4 rings (SSSR count). The van der Waals surface area contributed by atoms with Crippen LogP contribution in [0.1, 0.15) is 19.8 Å². The van der Waals surface area contributed by atoms with Crippen molar-refractivity contribution in [2.24, 2.45) is 0 Å². The van der Waals surface area contributed by atoms with Gasteiger partial charge in [0, 0.05) is 43.9 Å². The molecule has 1 N–H and O–H groups in total. The second kappa shape index (κ2) is 7.99. The summed E-state index contributed by atoms with van der Waals surface area (Å²) < 4.78 is 0. The molecule has 2 aromatic carbocycles. The molecule has 1 atom stereocenters. The summed E-state index contributed by atoms with van der Waals surface area (Å²) >= 11 is 6.65. The number of imide groups is 1. The number of anilines is 2. The molecule has 2 aromatic rings. The van der Waals surface area contributed by atoms with E-state index in [2.05, 4.69) is 5.32 Å². The topological polar surface area (TPSA) is 73.0 Å². The minimum absolute atomic E-state index is 0.00723. The van der Waals surface area contributed by atoms with E-state index >= 15 is 0 Å². The van der Waals surface area contributed by atoms with Gasteiger partial charge in [-0.25, -0.2) is 9.59 Å². The summed E-state index contributed by atoms with van der Waals surface area (Å²) in [6.45, 7) is 3.09. The highest BCUT2D eigenvalue weighted by Gasteiger charge is 2.30. The molecule has 5 amide bonds. The van der Waals surface area contributed by atoms with Crippen LogP contribution in [-0.4, -0.2) is 49.0 Å². The Morgan fingerprint density at radius 1 is 1.03 bits per heavy atom.